The van der Waals surface area contributed by atoms with Crippen molar-refractivity contribution >= 4 is 75.6 Å². The Balaban J connectivity index is 1.84. The van der Waals surface area contributed by atoms with Crippen molar-refractivity contribution < 1.29 is 14.3 Å². The van der Waals surface area contributed by atoms with E-state index in [2.05, 4.69) is 11.9 Å². The van der Waals surface area contributed by atoms with E-state index in [1.165, 1.54) is 19.2 Å². The summed E-state index contributed by atoms with van der Waals surface area (Å²) in [5.74, 6) is -1.22. The van der Waals surface area contributed by atoms with Crippen LogP contribution in [-0.4, -0.2) is 25.0 Å². The van der Waals surface area contributed by atoms with Gasteiger partial charge in [0, 0.05) is 27.7 Å². The molecule has 0 radical (unpaired) electrons. The predicted octanol–water partition coefficient (Wildman–Crippen LogP) is 7.12. The molecule has 0 saturated heterocycles. The van der Waals surface area contributed by atoms with E-state index in [-0.39, 0.29) is 22.0 Å². The molecule has 1 amide bonds. The first-order valence-corrected chi connectivity index (χ1v) is 12.2. The normalized spacial score (nSPS) is 11.8. The van der Waals surface area contributed by atoms with Crippen LogP contribution in [0.5, 0.6) is 0 Å². The van der Waals surface area contributed by atoms with Gasteiger partial charge >= 0.3 is 5.97 Å². The van der Waals surface area contributed by atoms with Crippen LogP contribution in [-0.2, 0) is 16.0 Å². The number of ether oxygens (including phenoxy) is 1. The Morgan fingerprint density at radius 3 is 2.08 bits per heavy atom. The number of nitrogen functional groups attached to an aromatic ring is 1. The van der Waals surface area contributed by atoms with E-state index in [9.17, 15) is 9.59 Å². The second-order valence-electron chi connectivity index (χ2n) is 7.77. The number of esters is 1. The number of hydrogen-bond acceptors (Lipinski definition) is 4. The number of allylic oxidation sites excluding steroid dienone is 2. The van der Waals surface area contributed by atoms with Crippen molar-refractivity contribution in [3.05, 3.63) is 110 Å². The minimum atomic E-state index is -0.993. The van der Waals surface area contributed by atoms with Crippen molar-refractivity contribution in [3.63, 3.8) is 0 Å². The molecule has 9 heteroatoms. The topological polar surface area (TPSA) is 81.4 Å². The van der Waals surface area contributed by atoms with Gasteiger partial charge in [0.1, 0.15) is 6.04 Å². The van der Waals surface area contributed by atoms with Gasteiger partial charge in [-0.3, -0.25) is 4.79 Å². The monoisotopic (exact) mass is 562 g/mol. The Kier molecular flexibility index (Phi) is 9.46. The molecule has 5 nitrogen and oxygen atoms in total. The van der Waals surface area contributed by atoms with Crippen LogP contribution in [0.4, 0.5) is 5.69 Å². The van der Waals surface area contributed by atoms with Crippen molar-refractivity contribution in [2.24, 2.45) is 0 Å². The minimum Gasteiger partial charge on any atom is -0.467 e. The molecule has 3 N–H and O–H groups in total. The molecular formula is C27H22Cl4N2O3. The lowest BCUT2D eigenvalue weighted by Gasteiger charge is -2.18. The van der Waals surface area contributed by atoms with Gasteiger partial charge in [0.25, 0.3) is 5.91 Å². The van der Waals surface area contributed by atoms with E-state index in [4.69, 9.17) is 56.9 Å². The zero-order chi connectivity index (χ0) is 26.4. The van der Waals surface area contributed by atoms with Crippen LogP contribution in [0.15, 0.2) is 67.3 Å². The molecule has 3 rings (SSSR count). The first kappa shape index (κ1) is 27.6. The first-order chi connectivity index (χ1) is 17.1. The summed E-state index contributed by atoms with van der Waals surface area (Å²) in [6.45, 7) is 4.05. The molecule has 1 unspecified atom stereocenters. The molecular weight excluding hydrogens is 542 g/mol. The van der Waals surface area contributed by atoms with Crippen molar-refractivity contribution in [1.82, 2.24) is 5.32 Å². The van der Waals surface area contributed by atoms with Crippen molar-refractivity contribution in [2.45, 2.75) is 12.5 Å². The van der Waals surface area contributed by atoms with E-state index in [0.717, 1.165) is 5.56 Å². The van der Waals surface area contributed by atoms with E-state index in [1.54, 1.807) is 54.6 Å². The number of rotatable bonds is 8. The molecule has 36 heavy (non-hydrogen) atoms. The molecule has 0 spiro atoms. The average molecular weight is 564 g/mol. The Bertz CT molecular complexity index is 1310. The van der Waals surface area contributed by atoms with Gasteiger partial charge in [-0.25, -0.2) is 4.79 Å². The molecule has 0 aliphatic rings. The summed E-state index contributed by atoms with van der Waals surface area (Å²) in [5, 5.41) is 3.96. The number of methoxy groups -OCH3 is 1. The third-order valence-electron chi connectivity index (χ3n) is 5.32. The SMILES string of the molecule is C=C(/C=C\c1cc(CC(NC(=O)c2c(Cl)cccc2Cl)C(=O)OC)ccc1N)c1c(Cl)cccc1Cl. The highest BCUT2D eigenvalue weighted by Gasteiger charge is 2.25. The highest BCUT2D eigenvalue weighted by atomic mass is 35.5. The summed E-state index contributed by atoms with van der Waals surface area (Å²) in [6, 6.07) is 14.2. The standard InChI is InChI=1S/C27H22Cl4N2O3/c1-15(24-18(28)5-3-6-19(24)29)9-11-17-13-16(10-12-22(17)32)14-23(27(35)36-2)33-26(34)25-20(30)7-4-8-21(25)31/h3-13,23H,1,14,32H2,2H3,(H,33,34)/b11-9-. The van der Waals surface area contributed by atoms with Gasteiger partial charge in [-0.1, -0.05) is 83.3 Å². The molecule has 0 aliphatic heterocycles. The van der Waals surface area contributed by atoms with Crippen molar-refractivity contribution in [3.8, 4) is 0 Å². The van der Waals surface area contributed by atoms with Crippen molar-refractivity contribution in [1.29, 1.82) is 0 Å². The Labute approximate surface area is 229 Å². The number of halogens is 4. The van der Waals surface area contributed by atoms with E-state index in [1.807, 2.05) is 0 Å². The highest BCUT2D eigenvalue weighted by Crippen LogP contribution is 2.31. The molecule has 3 aromatic rings. The van der Waals surface area contributed by atoms with Gasteiger partial charge in [-0.05, 0) is 53.1 Å². The fraction of sp³-hybridized carbons (Fsp3) is 0.111. The van der Waals surface area contributed by atoms with Gasteiger partial charge in [-0.2, -0.15) is 0 Å². The number of nitrogens with one attached hydrogen (secondary N) is 1. The van der Waals surface area contributed by atoms with Crippen LogP contribution >= 0.6 is 46.4 Å². The summed E-state index contributed by atoms with van der Waals surface area (Å²) in [5.41, 5.74) is 9.38. The second kappa shape index (κ2) is 12.3. The third-order valence-corrected chi connectivity index (χ3v) is 6.58. The maximum atomic E-state index is 12.8. The van der Waals surface area contributed by atoms with Crippen LogP contribution in [0.3, 0.4) is 0 Å². The fourth-order valence-corrected chi connectivity index (χ4v) is 4.70. The summed E-state index contributed by atoms with van der Waals surface area (Å²) < 4.78 is 4.89. The van der Waals surface area contributed by atoms with Crippen molar-refractivity contribution in [2.75, 3.05) is 12.8 Å². The maximum Gasteiger partial charge on any atom is 0.328 e. The molecule has 1 atom stereocenters. The Morgan fingerprint density at radius 2 is 1.53 bits per heavy atom. The quantitative estimate of drug-likeness (QED) is 0.174. The lowest BCUT2D eigenvalue weighted by atomic mass is 10.00. The number of hydrogen-bond donors (Lipinski definition) is 2. The summed E-state index contributed by atoms with van der Waals surface area (Å²) >= 11 is 24.8. The summed E-state index contributed by atoms with van der Waals surface area (Å²) in [7, 11) is 1.24. The van der Waals surface area contributed by atoms with Gasteiger partial charge in [0.2, 0.25) is 0 Å². The van der Waals surface area contributed by atoms with Gasteiger partial charge in [-0.15, -0.1) is 0 Å². The first-order valence-electron chi connectivity index (χ1n) is 10.6. The smallest absolute Gasteiger partial charge is 0.328 e. The van der Waals surface area contributed by atoms with E-state index >= 15 is 0 Å². The Hall–Kier alpha value is -2.96. The van der Waals surface area contributed by atoms with Crippen LogP contribution in [0.2, 0.25) is 20.1 Å². The summed E-state index contributed by atoms with van der Waals surface area (Å²) in [4.78, 5) is 25.3. The third kappa shape index (κ3) is 6.62. The van der Waals surface area contributed by atoms with Gasteiger partial charge in [0.15, 0.2) is 0 Å². The predicted molar refractivity (Wildman–Crippen MR) is 149 cm³/mol. The molecule has 0 fully saturated rings. The molecule has 0 bridgehead atoms. The van der Waals surface area contributed by atoms with Crippen LogP contribution in [0.25, 0.3) is 11.6 Å². The fourth-order valence-electron chi connectivity index (χ4n) is 3.49. The number of amides is 1. The molecule has 0 heterocycles. The average Bonchev–Trinajstić information content (AvgIpc) is 2.83. The molecule has 3 aromatic carbocycles. The number of anilines is 1. The summed E-state index contributed by atoms with van der Waals surface area (Å²) in [6.07, 6.45) is 3.66. The van der Waals surface area contributed by atoms with Crippen LogP contribution in [0.1, 0.15) is 27.0 Å². The number of carbonyl (C=O) groups is 2. The number of carbonyl (C=O) groups excluding carboxylic acids is 2. The molecule has 186 valence electrons. The molecule has 0 aromatic heterocycles. The number of benzene rings is 3. The van der Waals surface area contributed by atoms with Crippen LogP contribution in [0, 0.1) is 0 Å². The lowest BCUT2D eigenvalue weighted by Crippen LogP contribution is -2.43. The zero-order valence-corrected chi connectivity index (χ0v) is 22.2. The highest BCUT2D eigenvalue weighted by molar-refractivity contribution is 6.39. The minimum absolute atomic E-state index is 0.0763. The van der Waals surface area contributed by atoms with E-state index in [0.29, 0.717) is 32.4 Å². The zero-order valence-electron chi connectivity index (χ0n) is 19.2. The Morgan fingerprint density at radius 1 is 0.972 bits per heavy atom. The lowest BCUT2D eigenvalue weighted by molar-refractivity contribution is -0.142. The molecule has 0 saturated carbocycles. The number of nitrogens with two attached hydrogens (primary N) is 1. The largest absolute Gasteiger partial charge is 0.467 e. The molecule has 0 aliphatic carbocycles. The van der Waals surface area contributed by atoms with E-state index < -0.39 is 17.9 Å². The van der Waals surface area contributed by atoms with Gasteiger partial charge < -0.3 is 15.8 Å². The maximum absolute atomic E-state index is 12.8. The van der Waals surface area contributed by atoms with Crippen LogP contribution < -0.4 is 11.1 Å². The van der Waals surface area contributed by atoms with Gasteiger partial charge in [0.05, 0.1) is 22.7 Å². The second-order valence-corrected chi connectivity index (χ2v) is 9.40.